The number of carbonyl (C=O) groups is 2. The van der Waals surface area contributed by atoms with Crippen LogP contribution >= 0.6 is 0 Å². The second kappa shape index (κ2) is 7.47. The number of carboxylic acid groups (broad SMARTS) is 1. The van der Waals surface area contributed by atoms with Crippen LogP contribution in [0.4, 0.5) is 4.79 Å². The van der Waals surface area contributed by atoms with Crippen molar-refractivity contribution in [3.8, 4) is 0 Å². The zero-order chi connectivity index (χ0) is 15.9. The lowest BCUT2D eigenvalue weighted by atomic mass is 10.1. The maximum Gasteiger partial charge on any atom is 0.408 e. The Hall–Kier alpha value is -2.30. The third kappa shape index (κ3) is 7.77. The monoisotopic (exact) mass is 291 g/mol. The number of alkyl carbamates (subject to hydrolysis) is 1. The maximum atomic E-state index is 11.8. The van der Waals surface area contributed by atoms with E-state index in [0.29, 0.717) is 6.42 Å². The van der Waals surface area contributed by atoms with Gasteiger partial charge in [0.05, 0.1) is 6.04 Å². The maximum absolute atomic E-state index is 11.8. The van der Waals surface area contributed by atoms with Crippen molar-refractivity contribution >= 4 is 12.1 Å². The summed E-state index contributed by atoms with van der Waals surface area (Å²) in [6.45, 7) is 5.31. The van der Waals surface area contributed by atoms with Gasteiger partial charge < -0.3 is 15.2 Å². The molecule has 5 heteroatoms. The fourth-order valence-corrected chi connectivity index (χ4v) is 1.69. The van der Waals surface area contributed by atoms with Crippen molar-refractivity contribution in [1.82, 2.24) is 5.32 Å². The summed E-state index contributed by atoms with van der Waals surface area (Å²) in [6.07, 6.45) is 2.38. The molecule has 114 valence electrons. The van der Waals surface area contributed by atoms with E-state index in [4.69, 9.17) is 9.84 Å². The van der Waals surface area contributed by atoms with Gasteiger partial charge in [-0.2, -0.15) is 0 Å². The number of carboxylic acids is 1. The van der Waals surface area contributed by atoms with Gasteiger partial charge in [0.25, 0.3) is 0 Å². The highest BCUT2D eigenvalue weighted by Crippen LogP contribution is 2.09. The van der Waals surface area contributed by atoms with E-state index in [9.17, 15) is 9.59 Å². The molecule has 0 aliphatic carbocycles. The number of amides is 1. The van der Waals surface area contributed by atoms with E-state index in [1.165, 1.54) is 6.08 Å². The first-order valence-corrected chi connectivity index (χ1v) is 6.71. The fraction of sp³-hybridized carbons (Fsp3) is 0.375. The van der Waals surface area contributed by atoms with E-state index < -0.39 is 23.7 Å². The van der Waals surface area contributed by atoms with Crippen molar-refractivity contribution < 1.29 is 19.4 Å². The third-order valence-corrected chi connectivity index (χ3v) is 2.47. The lowest BCUT2D eigenvalue weighted by molar-refractivity contribution is -0.131. The van der Waals surface area contributed by atoms with Crippen molar-refractivity contribution in [2.75, 3.05) is 0 Å². The number of aliphatic carboxylic acids is 1. The Bertz CT molecular complexity index is 503. The van der Waals surface area contributed by atoms with Crippen LogP contribution in [0.5, 0.6) is 0 Å². The summed E-state index contributed by atoms with van der Waals surface area (Å²) in [5.74, 6) is -1.06. The van der Waals surface area contributed by atoms with Crippen LogP contribution in [0, 0.1) is 0 Å². The molecule has 0 spiro atoms. The van der Waals surface area contributed by atoms with Gasteiger partial charge in [-0.05, 0) is 32.8 Å². The molecule has 1 amide bonds. The molecule has 1 atom stereocenters. The lowest BCUT2D eigenvalue weighted by Gasteiger charge is -2.22. The third-order valence-electron chi connectivity index (χ3n) is 2.47. The van der Waals surface area contributed by atoms with Crippen LogP contribution in [0.15, 0.2) is 42.5 Å². The Balaban J connectivity index is 2.73. The average Bonchev–Trinajstić information content (AvgIpc) is 2.34. The van der Waals surface area contributed by atoms with Gasteiger partial charge in [-0.3, -0.25) is 0 Å². The highest BCUT2D eigenvalue weighted by molar-refractivity contribution is 5.80. The van der Waals surface area contributed by atoms with E-state index in [-0.39, 0.29) is 0 Å². The summed E-state index contributed by atoms with van der Waals surface area (Å²) in [7, 11) is 0. The summed E-state index contributed by atoms with van der Waals surface area (Å²) in [5.41, 5.74) is 0.395. The molecule has 0 saturated carbocycles. The zero-order valence-electron chi connectivity index (χ0n) is 12.5. The molecule has 1 aromatic carbocycles. The number of carbonyl (C=O) groups excluding carboxylic acids is 1. The predicted octanol–water partition coefficient (Wildman–Crippen LogP) is 2.76. The molecule has 0 aliphatic rings. The van der Waals surface area contributed by atoms with Crippen LogP contribution in [0.25, 0.3) is 0 Å². The molecule has 1 rings (SSSR count). The second-order valence-electron chi connectivity index (χ2n) is 5.64. The normalized spacial score (nSPS) is 12.9. The van der Waals surface area contributed by atoms with Crippen LogP contribution in [0.1, 0.15) is 26.3 Å². The molecular weight excluding hydrogens is 270 g/mol. The van der Waals surface area contributed by atoms with Crippen molar-refractivity contribution in [3.63, 3.8) is 0 Å². The summed E-state index contributed by atoms with van der Waals surface area (Å²) in [4.78, 5) is 22.4. The standard InChI is InChI=1S/C16H21NO4/c1-16(2,3)21-15(20)17-13(9-10-14(18)19)11-12-7-5-4-6-8-12/h4-10,13H,11H2,1-3H3,(H,17,20)(H,18,19)/b10-9+. The molecule has 0 aliphatic heterocycles. The van der Waals surface area contributed by atoms with E-state index >= 15 is 0 Å². The Kier molecular flexibility index (Phi) is 5.96. The van der Waals surface area contributed by atoms with Crippen molar-refractivity contribution in [2.45, 2.75) is 38.8 Å². The number of nitrogens with one attached hydrogen (secondary N) is 1. The van der Waals surface area contributed by atoms with Gasteiger partial charge in [0, 0.05) is 6.08 Å². The number of ether oxygens (including phenoxy) is 1. The summed E-state index contributed by atoms with van der Waals surface area (Å²) >= 11 is 0. The number of rotatable bonds is 5. The minimum atomic E-state index is -1.06. The Morgan fingerprint density at radius 3 is 2.43 bits per heavy atom. The van der Waals surface area contributed by atoms with Gasteiger partial charge in [0.15, 0.2) is 0 Å². The first-order valence-electron chi connectivity index (χ1n) is 6.71. The van der Waals surface area contributed by atoms with Crippen LogP contribution < -0.4 is 5.32 Å². The summed E-state index contributed by atoms with van der Waals surface area (Å²) < 4.78 is 5.18. The molecule has 21 heavy (non-hydrogen) atoms. The molecule has 2 N–H and O–H groups in total. The second-order valence-corrected chi connectivity index (χ2v) is 5.64. The van der Waals surface area contributed by atoms with E-state index in [1.54, 1.807) is 20.8 Å². The minimum Gasteiger partial charge on any atom is -0.478 e. The number of hydrogen-bond acceptors (Lipinski definition) is 3. The van der Waals surface area contributed by atoms with Crippen molar-refractivity contribution in [1.29, 1.82) is 0 Å². The van der Waals surface area contributed by atoms with Crippen molar-refractivity contribution in [2.24, 2.45) is 0 Å². The van der Waals surface area contributed by atoms with Crippen LogP contribution in [-0.2, 0) is 16.0 Å². The highest BCUT2D eigenvalue weighted by Gasteiger charge is 2.18. The van der Waals surface area contributed by atoms with Gasteiger partial charge >= 0.3 is 12.1 Å². The van der Waals surface area contributed by atoms with Gasteiger partial charge in [-0.1, -0.05) is 36.4 Å². The molecule has 0 bridgehead atoms. The first-order chi connectivity index (χ1) is 9.76. The largest absolute Gasteiger partial charge is 0.478 e. The van der Waals surface area contributed by atoms with Gasteiger partial charge in [0.1, 0.15) is 5.60 Å². The van der Waals surface area contributed by atoms with Crippen LogP contribution in [-0.4, -0.2) is 28.8 Å². The quantitative estimate of drug-likeness (QED) is 0.818. The van der Waals surface area contributed by atoms with Gasteiger partial charge in [-0.15, -0.1) is 0 Å². The minimum absolute atomic E-state index is 0.446. The Labute approximate surface area is 124 Å². The molecule has 0 saturated heterocycles. The first kappa shape index (κ1) is 16.8. The molecule has 0 radical (unpaired) electrons. The van der Waals surface area contributed by atoms with E-state index in [2.05, 4.69) is 5.32 Å². The molecule has 1 unspecified atom stereocenters. The molecule has 0 heterocycles. The average molecular weight is 291 g/mol. The van der Waals surface area contributed by atoms with Gasteiger partial charge in [0.2, 0.25) is 0 Å². The van der Waals surface area contributed by atoms with E-state index in [0.717, 1.165) is 11.6 Å². The highest BCUT2D eigenvalue weighted by atomic mass is 16.6. The Morgan fingerprint density at radius 1 is 1.29 bits per heavy atom. The molecular formula is C16H21NO4. The van der Waals surface area contributed by atoms with Crippen LogP contribution in [0.3, 0.4) is 0 Å². The lowest BCUT2D eigenvalue weighted by Crippen LogP contribution is -2.39. The molecule has 5 nitrogen and oxygen atoms in total. The van der Waals surface area contributed by atoms with Gasteiger partial charge in [-0.25, -0.2) is 9.59 Å². The SMILES string of the molecule is CC(C)(C)OC(=O)NC(/C=C/C(=O)O)Cc1ccccc1. The molecule has 1 aromatic rings. The summed E-state index contributed by atoms with van der Waals surface area (Å²) in [6, 6.07) is 9.06. The fourth-order valence-electron chi connectivity index (χ4n) is 1.69. The van der Waals surface area contributed by atoms with E-state index in [1.807, 2.05) is 30.3 Å². The summed E-state index contributed by atoms with van der Waals surface area (Å²) in [5, 5.41) is 11.4. The number of benzene rings is 1. The zero-order valence-corrected chi connectivity index (χ0v) is 12.5. The van der Waals surface area contributed by atoms with Crippen LogP contribution in [0.2, 0.25) is 0 Å². The Morgan fingerprint density at radius 2 is 1.90 bits per heavy atom. The number of hydrogen-bond donors (Lipinski definition) is 2. The predicted molar refractivity (Wildman–Crippen MR) is 80.1 cm³/mol. The topological polar surface area (TPSA) is 75.6 Å². The molecule has 0 fully saturated rings. The van der Waals surface area contributed by atoms with Crippen molar-refractivity contribution in [3.05, 3.63) is 48.0 Å². The molecule has 0 aromatic heterocycles. The smallest absolute Gasteiger partial charge is 0.408 e.